The van der Waals surface area contributed by atoms with Crippen molar-refractivity contribution in [2.24, 2.45) is 62.3 Å². The minimum absolute atomic E-state index is 0.00418. The Labute approximate surface area is 704 Å². The van der Waals surface area contributed by atoms with Crippen LogP contribution >= 0.6 is 0 Å². The molecule has 2 heterocycles. The number of hydrogen-bond acceptors (Lipinski definition) is 20. The van der Waals surface area contributed by atoms with Gasteiger partial charge in [-0.1, -0.05) is 125 Å². The van der Waals surface area contributed by atoms with E-state index in [2.05, 4.69) is 121 Å². The lowest BCUT2D eigenvalue weighted by Crippen LogP contribution is -2.61. The van der Waals surface area contributed by atoms with E-state index in [1.807, 2.05) is 0 Å². The van der Waals surface area contributed by atoms with Gasteiger partial charge in [-0.2, -0.15) is 0 Å². The molecule has 0 radical (unpaired) electrons. The number of imidazole rings is 1. The average molecular weight is 1700 g/mol. The second-order valence-electron chi connectivity index (χ2n) is 31.2. The number of carbonyl (C=O) groups is 15. The molecule has 0 spiro atoms. The van der Waals surface area contributed by atoms with E-state index in [1.165, 1.54) is 31.8 Å². The third-order valence-electron chi connectivity index (χ3n) is 19.8. The highest BCUT2D eigenvalue weighted by Crippen LogP contribution is 2.22. The maximum Gasteiger partial charge on any atom is 0.326 e. The van der Waals surface area contributed by atoms with Gasteiger partial charge in [0.2, 0.25) is 76.8 Å². The van der Waals surface area contributed by atoms with Gasteiger partial charge in [-0.15, -0.1) is 0 Å². The molecule has 1 saturated heterocycles. The fraction of sp³-hybridized carbons (Fsp3) is 0.700. The topological polar surface area (TPSA) is 640 Å². The standard InChI is InChI=1S/C80H139N23O17/c1-10-12-13-14-15-16-17-18-19-20-21-22-23-24-25-35-61(104)102-92-47-64(107)93-54(32-28-39-87-79(82)83)69(110)89-45-62(105)94-55(33-29-40-88-80(84)85)72(113)101-68(52(9)11-2)76(117)97-58(42-49(3)4)73(114)95-56(31-26-27-38-81)71(112)96-57(36-37-65(108)109)77(118)103-41-30-34-60(103)74(115)100-66(50(5)6)75(116)98-59(43-53-44-86-48-91-53)70(111)90-46-63(106)99-67(51(7)8)78(119)120/h15-16,18-19,44,48-52,54-60,66-68,92H,10-14,17,20-43,45-47,81H2,1-9H3,(H,86,91)(H,89,110)(H,90,111)(H,93,107)(H,94,105)(H,95,114)(H,96,112)(H,97,117)(H,98,116)(H,99,106)(H,100,115)(H,101,113)(H,102,104)(H,108,109)(H,119,120)(H4,82,83,87)(H4,84,85,88)/b16-15-,19-18-/t52-,54-,55-,56-,57-,58-,59-,60-,66-,67-,68-/m0/s1. The molecule has 120 heavy (non-hydrogen) atoms. The van der Waals surface area contributed by atoms with Crippen LogP contribution in [0, 0.1) is 23.7 Å². The molecule has 11 atom stereocenters. The smallest absolute Gasteiger partial charge is 0.326 e. The Kier molecular flexibility index (Phi) is 52.5. The lowest BCUT2D eigenvalue weighted by molar-refractivity contribution is -0.144. The van der Waals surface area contributed by atoms with Crippen LogP contribution in [0.4, 0.5) is 0 Å². The molecule has 0 unspecified atom stereocenters. The van der Waals surface area contributed by atoms with Gasteiger partial charge >= 0.3 is 11.9 Å². The number of amides is 13. The van der Waals surface area contributed by atoms with E-state index in [4.69, 9.17) is 28.7 Å². The molecule has 1 aliphatic rings. The second kappa shape index (κ2) is 59.8. The van der Waals surface area contributed by atoms with Gasteiger partial charge in [0, 0.05) is 50.8 Å². The number of carbonyl (C=O) groups excluding carboxylic acids is 13. The van der Waals surface area contributed by atoms with E-state index in [0.717, 1.165) is 49.8 Å². The van der Waals surface area contributed by atoms with Crippen LogP contribution in [0.3, 0.4) is 0 Å². The van der Waals surface area contributed by atoms with Crippen LogP contribution in [-0.4, -0.2) is 232 Å². The number of aromatic nitrogens is 2. The number of rotatable bonds is 63. The summed E-state index contributed by atoms with van der Waals surface area (Å²) in [5.41, 5.74) is 33.5. The molecule has 26 N–H and O–H groups in total. The minimum atomic E-state index is -1.60. The van der Waals surface area contributed by atoms with Crippen molar-refractivity contribution in [1.29, 1.82) is 0 Å². The Balaban J connectivity index is 2.32. The number of aliphatic imine (C=N–C) groups is 2. The van der Waals surface area contributed by atoms with Crippen LogP contribution in [0.2, 0.25) is 0 Å². The van der Waals surface area contributed by atoms with E-state index in [-0.39, 0.29) is 121 Å². The van der Waals surface area contributed by atoms with Gasteiger partial charge in [-0.25, -0.2) is 15.2 Å². The Hall–Kier alpha value is -10.8. The summed E-state index contributed by atoms with van der Waals surface area (Å²) in [7, 11) is 0. The summed E-state index contributed by atoms with van der Waals surface area (Å²) in [6.07, 6.45) is 23.2. The van der Waals surface area contributed by atoms with E-state index >= 15 is 0 Å². The normalized spacial score (nSPS) is 15.1. The van der Waals surface area contributed by atoms with Gasteiger partial charge in [0.05, 0.1) is 26.0 Å². The number of hydrazine groups is 1. The van der Waals surface area contributed by atoms with E-state index in [0.29, 0.717) is 25.0 Å². The zero-order valence-electron chi connectivity index (χ0n) is 71.6. The van der Waals surface area contributed by atoms with Gasteiger partial charge in [0.1, 0.15) is 60.4 Å². The molecule has 0 aromatic carbocycles. The monoisotopic (exact) mass is 1690 g/mol. The summed E-state index contributed by atoms with van der Waals surface area (Å²) in [5, 5.41) is 48.0. The molecule has 0 saturated carbocycles. The molecule has 1 aromatic rings. The maximum absolute atomic E-state index is 14.8. The summed E-state index contributed by atoms with van der Waals surface area (Å²) in [6, 6.07) is -13.7. The molecule has 1 fully saturated rings. The van der Waals surface area contributed by atoms with Crippen LogP contribution in [0.5, 0.6) is 0 Å². The van der Waals surface area contributed by atoms with Gasteiger partial charge in [-0.05, 0) is 139 Å². The molecule has 0 aliphatic carbocycles. The SMILES string of the molecule is CCCCC/C=C\C/C=C\CCCCCCCC(=O)NNCC(=O)N[C@@H](CCCN=C(N)N)C(=O)NCC(=O)N[C@@H](CCCN=C(N)N)C(=O)N[C@H](C(=O)N[C@@H](CC(C)C)C(=O)N[C@@H](CCCCN)C(=O)N[C@@H](CCC(=O)O)C(=O)N1CCC[C@H]1C(=O)N[C@H](C(=O)N[C@@H](Cc1cnc[nH]1)C(=O)NCC(=O)N[C@H](C(=O)O)C(C)C)C(C)C)[C@@H](C)CC. The summed E-state index contributed by atoms with van der Waals surface area (Å²) < 4.78 is 0. The van der Waals surface area contributed by atoms with E-state index < -0.39 is 193 Å². The van der Waals surface area contributed by atoms with Crippen molar-refractivity contribution >= 4 is 101 Å². The minimum Gasteiger partial charge on any atom is -0.481 e. The van der Waals surface area contributed by atoms with Crippen LogP contribution in [-0.2, 0) is 78.3 Å². The third kappa shape index (κ3) is 44.3. The highest BCUT2D eigenvalue weighted by atomic mass is 16.4. The number of aliphatic carboxylic acids is 2. The molecule has 40 nitrogen and oxygen atoms in total. The van der Waals surface area contributed by atoms with Gasteiger partial charge in [-0.3, -0.25) is 82.5 Å². The first-order chi connectivity index (χ1) is 57.0. The van der Waals surface area contributed by atoms with Crippen molar-refractivity contribution in [1.82, 2.24) is 84.2 Å². The molecule has 40 heteroatoms. The third-order valence-corrected chi connectivity index (χ3v) is 19.8. The number of nitrogens with two attached hydrogens (primary N) is 5. The van der Waals surface area contributed by atoms with Crippen LogP contribution in [0.15, 0.2) is 46.8 Å². The van der Waals surface area contributed by atoms with Crippen molar-refractivity contribution in [2.45, 2.75) is 290 Å². The second-order valence-corrected chi connectivity index (χ2v) is 31.2. The molecule has 1 aromatic heterocycles. The first kappa shape index (κ1) is 105. The summed E-state index contributed by atoms with van der Waals surface area (Å²) in [6.45, 7) is 14.0. The number of aromatic amines is 1. The average Bonchev–Trinajstić information content (AvgIpc) is 1.62. The Bertz CT molecular complexity index is 3510. The molecular weight excluding hydrogens is 1560 g/mol. The highest BCUT2D eigenvalue weighted by Gasteiger charge is 2.42. The molecule has 0 bridgehead atoms. The molecule has 1 aliphatic heterocycles. The van der Waals surface area contributed by atoms with Crippen molar-refractivity contribution in [3.05, 3.63) is 42.5 Å². The number of H-pyrrole nitrogens is 1. The summed E-state index contributed by atoms with van der Waals surface area (Å²) in [5.74, 6) is -15.4. The Morgan fingerprint density at radius 3 is 1.60 bits per heavy atom. The fourth-order valence-electron chi connectivity index (χ4n) is 12.9. The molecular formula is C80H139N23O17. The van der Waals surface area contributed by atoms with Crippen LogP contribution in [0.25, 0.3) is 0 Å². The quantitative estimate of drug-likeness (QED) is 0.0129. The number of likely N-dealkylation sites (tertiary alicyclic amines) is 1. The first-order valence-electron chi connectivity index (χ1n) is 42.1. The molecule has 676 valence electrons. The predicted octanol–water partition coefficient (Wildman–Crippen LogP) is -0.437. The lowest BCUT2D eigenvalue weighted by atomic mass is 9.96. The molecule has 2 rings (SSSR count). The summed E-state index contributed by atoms with van der Waals surface area (Å²) in [4.78, 5) is 222. The number of carboxylic acid groups (broad SMARTS) is 2. The number of nitrogens with one attached hydrogen (secondary N) is 14. The Morgan fingerprint density at radius 2 is 1.04 bits per heavy atom. The number of allylic oxidation sites excluding steroid dienone is 4. The van der Waals surface area contributed by atoms with E-state index in [9.17, 15) is 82.1 Å². The highest BCUT2D eigenvalue weighted by molar-refractivity contribution is 6.00. The van der Waals surface area contributed by atoms with Crippen LogP contribution < -0.4 is 98.0 Å². The number of unbranched alkanes of at least 4 members (excludes halogenated alkanes) is 9. The van der Waals surface area contributed by atoms with Crippen molar-refractivity contribution < 1.29 is 82.1 Å². The number of guanidine groups is 2. The van der Waals surface area contributed by atoms with Gasteiger partial charge in [0.15, 0.2) is 11.9 Å². The predicted molar refractivity (Wildman–Crippen MR) is 452 cm³/mol. The van der Waals surface area contributed by atoms with Crippen molar-refractivity contribution in [2.75, 3.05) is 45.8 Å². The zero-order valence-corrected chi connectivity index (χ0v) is 71.6. The first-order valence-corrected chi connectivity index (χ1v) is 42.1. The lowest BCUT2D eigenvalue weighted by Gasteiger charge is -2.32. The number of hydrogen-bond donors (Lipinski definition) is 21. The molecule has 13 amide bonds. The summed E-state index contributed by atoms with van der Waals surface area (Å²) >= 11 is 0. The van der Waals surface area contributed by atoms with Crippen LogP contribution in [0.1, 0.15) is 229 Å². The largest absolute Gasteiger partial charge is 0.481 e. The van der Waals surface area contributed by atoms with Crippen molar-refractivity contribution in [3.63, 3.8) is 0 Å². The van der Waals surface area contributed by atoms with Crippen molar-refractivity contribution in [3.8, 4) is 0 Å². The van der Waals surface area contributed by atoms with Gasteiger partial charge < -0.3 is 107 Å². The zero-order chi connectivity index (χ0) is 89.7. The number of carboxylic acids is 2. The van der Waals surface area contributed by atoms with Gasteiger partial charge in [0.25, 0.3) is 0 Å². The number of nitrogens with zero attached hydrogens (tertiary/aromatic N) is 4. The van der Waals surface area contributed by atoms with E-state index in [1.54, 1.807) is 55.4 Å². The Morgan fingerprint density at radius 1 is 0.525 bits per heavy atom. The maximum atomic E-state index is 14.8. The fourth-order valence-corrected chi connectivity index (χ4v) is 12.9.